The Balaban J connectivity index is 1.97. The van der Waals surface area contributed by atoms with Gasteiger partial charge in [-0.3, -0.25) is 14.5 Å². The molecular formula is C13H11N3O3. The SMILES string of the molecule is Cc1cc(CN2C(=O)c3cccc(N)c3C2=O)on1. The monoisotopic (exact) mass is 257 g/mol. The number of hydrogen-bond acceptors (Lipinski definition) is 5. The van der Waals surface area contributed by atoms with Gasteiger partial charge in [-0.25, -0.2) is 0 Å². The maximum absolute atomic E-state index is 12.2. The highest BCUT2D eigenvalue weighted by molar-refractivity contribution is 6.23. The van der Waals surface area contributed by atoms with Crippen molar-refractivity contribution in [2.24, 2.45) is 0 Å². The Kier molecular flexibility index (Phi) is 2.38. The number of nitrogens with two attached hydrogens (primary N) is 1. The number of rotatable bonds is 2. The van der Waals surface area contributed by atoms with Crippen molar-refractivity contribution in [3.63, 3.8) is 0 Å². The lowest BCUT2D eigenvalue weighted by Gasteiger charge is -2.10. The molecule has 0 atom stereocenters. The molecule has 0 saturated carbocycles. The number of hydrogen-bond donors (Lipinski definition) is 1. The molecule has 0 fully saturated rings. The zero-order valence-electron chi connectivity index (χ0n) is 10.2. The van der Waals surface area contributed by atoms with E-state index in [2.05, 4.69) is 5.16 Å². The number of carbonyl (C=O) groups excluding carboxylic acids is 2. The second kappa shape index (κ2) is 3.94. The van der Waals surface area contributed by atoms with Crippen molar-refractivity contribution in [3.05, 3.63) is 46.8 Å². The van der Waals surface area contributed by atoms with Gasteiger partial charge in [0.15, 0.2) is 5.76 Å². The number of imide groups is 1. The molecule has 19 heavy (non-hydrogen) atoms. The number of fused-ring (bicyclic) bond motifs is 1. The van der Waals surface area contributed by atoms with Crippen LogP contribution in [0.15, 0.2) is 28.8 Å². The third kappa shape index (κ3) is 1.69. The van der Waals surface area contributed by atoms with Crippen molar-refractivity contribution >= 4 is 17.5 Å². The van der Waals surface area contributed by atoms with Gasteiger partial charge in [-0.05, 0) is 19.1 Å². The zero-order chi connectivity index (χ0) is 13.6. The normalized spacial score (nSPS) is 14.1. The average molecular weight is 257 g/mol. The van der Waals surface area contributed by atoms with E-state index in [0.717, 1.165) is 4.90 Å². The van der Waals surface area contributed by atoms with E-state index in [1.165, 1.54) is 0 Å². The maximum atomic E-state index is 12.2. The van der Waals surface area contributed by atoms with Crippen LogP contribution in [0.2, 0.25) is 0 Å². The van der Waals surface area contributed by atoms with Crippen LogP contribution in [0.3, 0.4) is 0 Å². The van der Waals surface area contributed by atoms with Crippen LogP contribution < -0.4 is 5.73 Å². The topological polar surface area (TPSA) is 89.4 Å². The number of anilines is 1. The van der Waals surface area contributed by atoms with Gasteiger partial charge < -0.3 is 10.3 Å². The molecule has 0 spiro atoms. The second-order valence-electron chi connectivity index (χ2n) is 4.40. The quantitative estimate of drug-likeness (QED) is 0.648. The first-order valence-corrected chi connectivity index (χ1v) is 5.75. The molecule has 1 aromatic heterocycles. The standard InChI is InChI=1S/C13H11N3O3/c1-7-5-8(19-15-7)6-16-12(17)9-3-2-4-10(14)11(9)13(16)18/h2-5H,6,14H2,1H3. The zero-order valence-corrected chi connectivity index (χ0v) is 10.2. The number of aromatic nitrogens is 1. The third-order valence-electron chi connectivity index (χ3n) is 3.02. The molecule has 0 aliphatic carbocycles. The fraction of sp³-hybridized carbons (Fsp3) is 0.154. The summed E-state index contributed by atoms with van der Waals surface area (Å²) in [7, 11) is 0. The highest BCUT2D eigenvalue weighted by atomic mass is 16.5. The number of carbonyl (C=O) groups is 2. The summed E-state index contributed by atoms with van der Waals surface area (Å²) >= 11 is 0. The van der Waals surface area contributed by atoms with Crippen LogP contribution in [0.5, 0.6) is 0 Å². The number of benzene rings is 1. The molecule has 1 aromatic carbocycles. The van der Waals surface area contributed by atoms with Crippen LogP contribution in [0.4, 0.5) is 5.69 Å². The molecule has 0 bridgehead atoms. The Morgan fingerprint density at radius 3 is 2.74 bits per heavy atom. The minimum absolute atomic E-state index is 0.0621. The van der Waals surface area contributed by atoms with Gasteiger partial charge in [-0.15, -0.1) is 0 Å². The van der Waals surface area contributed by atoms with Gasteiger partial charge in [-0.1, -0.05) is 11.2 Å². The maximum Gasteiger partial charge on any atom is 0.264 e. The van der Waals surface area contributed by atoms with Gasteiger partial charge in [0.05, 0.1) is 23.4 Å². The summed E-state index contributed by atoms with van der Waals surface area (Å²) in [6.07, 6.45) is 0. The Bertz CT molecular complexity index is 690. The largest absolute Gasteiger partial charge is 0.398 e. The minimum atomic E-state index is -0.396. The molecule has 6 nitrogen and oxygen atoms in total. The summed E-state index contributed by atoms with van der Waals surface area (Å²) in [5, 5.41) is 3.73. The molecule has 6 heteroatoms. The average Bonchev–Trinajstić information content (AvgIpc) is 2.88. The van der Waals surface area contributed by atoms with E-state index in [0.29, 0.717) is 22.7 Å². The van der Waals surface area contributed by atoms with Crippen molar-refractivity contribution in [2.45, 2.75) is 13.5 Å². The van der Waals surface area contributed by atoms with Crippen LogP contribution >= 0.6 is 0 Å². The van der Waals surface area contributed by atoms with Crippen LogP contribution in [0.25, 0.3) is 0 Å². The fourth-order valence-electron chi connectivity index (χ4n) is 2.15. The summed E-state index contributed by atoms with van der Waals surface area (Å²) in [5.41, 5.74) is 7.36. The van der Waals surface area contributed by atoms with Gasteiger partial charge in [-0.2, -0.15) is 0 Å². The smallest absolute Gasteiger partial charge is 0.264 e. The second-order valence-corrected chi connectivity index (χ2v) is 4.40. The summed E-state index contributed by atoms with van der Waals surface area (Å²) in [6, 6.07) is 6.54. The molecule has 1 aliphatic rings. The van der Waals surface area contributed by atoms with Crippen molar-refractivity contribution in [3.8, 4) is 0 Å². The molecule has 3 rings (SSSR count). The van der Waals surface area contributed by atoms with E-state index in [9.17, 15) is 9.59 Å². The number of nitrogens with zero attached hydrogens (tertiary/aromatic N) is 2. The van der Waals surface area contributed by atoms with Gasteiger partial charge in [0, 0.05) is 11.8 Å². The van der Waals surface area contributed by atoms with E-state index in [4.69, 9.17) is 10.3 Å². The van der Waals surface area contributed by atoms with Gasteiger partial charge in [0.1, 0.15) is 0 Å². The molecule has 0 unspecified atom stereocenters. The van der Waals surface area contributed by atoms with Crippen molar-refractivity contribution < 1.29 is 14.1 Å². The van der Waals surface area contributed by atoms with Gasteiger partial charge in [0.2, 0.25) is 0 Å². The Morgan fingerprint density at radius 1 is 1.32 bits per heavy atom. The summed E-state index contributed by atoms with van der Waals surface area (Å²) in [5.74, 6) is -0.293. The predicted molar refractivity (Wildman–Crippen MR) is 66.3 cm³/mol. The lowest BCUT2D eigenvalue weighted by atomic mass is 10.1. The summed E-state index contributed by atoms with van der Waals surface area (Å²) < 4.78 is 5.02. The van der Waals surface area contributed by atoms with Crippen molar-refractivity contribution in [1.82, 2.24) is 10.1 Å². The van der Waals surface area contributed by atoms with Crippen molar-refractivity contribution in [1.29, 1.82) is 0 Å². The number of amides is 2. The molecular weight excluding hydrogens is 246 g/mol. The molecule has 96 valence electrons. The Morgan fingerprint density at radius 2 is 2.11 bits per heavy atom. The first kappa shape index (κ1) is 11.5. The molecule has 2 aromatic rings. The lowest BCUT2D eigenvalue weighted by Crippen LogP contribution is -2.29. The number of aryl methyl sites for hydroxylation is 1. The van der Waals surface area contributed by atoms with Crippen LogP contribution in [0, 0.1) is 6.92 Å². The van der Waals surface area contributed by atoms with E-state index in [1.54, 1.807) is 31.2 Å². The molecule has 0 saturated heterocycles. The lowest BCUT2D eigenvalue weighted by molar-refractivity contribution is 0.0628. The predicted octanol–water partition coefficient (Wildman–Crippen LogP) is 1.36. The molecule has 2 amide bonds. The van der Waals surface area contributed by atoms with E-state index in [-0.39, 0.29) is 18.0 Å². The first-order valence-electron chi connectivity index (χ1n) is 5.75. The van der Waals surface area contributed by atoms with Crippen LogP contribution in [-0.2, 0) is 6.54 Å². The third-order valence-corrected chi connectivity index (χ3v) is 3.02. The molecule has 1 aliphatic heterocycles. The van der Waals surface area contributed by atoms with Crippen LogP contribution in [-0.4, -0.2) is 21.9 Å². The number of nitrogen functional groups attached to an aromatic ring is 1. The Hall–Kier alpha value is -2.63. The highest BCUT2D eigenvalue weighted by Crippen LogP contribution is 2.28. The Labute approximate surface area is 108 Å². The molecule has 2 N–H and O–H groups in total. The minimum Gasteiger partial charge on any atom is -0.398 e. The van der Waals surface area contributed by atoms with E-state index in [1.807, 2.05) is 0 Å². The van der Waals surface area contributed by atoms with E-state index < -0.39 is 5.91 Å². The van der Waals surface area contributed by atoms with Crippen molar-refractivity contribution in [2.75, 3.05) is 5.73 Å². The summed E-state index contributed by atoms with van der Waals surface area (Å²) in [6.45, 7) is 1.83. The van der Waals surface area contributed by atoms with Crippen LogP contribution in [0.1, 0.15) is 32.2 Å². The van der Waals surface area contributed by atoms with Gasteiger partial charge >= 0.3 is 0 Å². The molecule has 2 heterocycles. The summed E-state index contributed by atoms with van der Waals surface area (Å²) in [4.78, 5) is 25.5. The highest BCUT2D eigenvalue weighted by Gasteiger charge is 2.37. The molecule has 0 radical (unpaired) electrons. The fourth-order valence-corrected chi connectivity index (χ4v) is 2.15. The van der Waals surface area contributed by atoms with E-state index >= 15 is 0 Å². The first-order chi connectivity index (χ1) is 9.08. The van der Waals surface area contributed by atoms with Gasteiger partial charge in [0.25, 0.3) is 11.8 Å².